The van der Waals surface area contributed by atoms with Crippen LogP contribution in [0.25, 0.3) is 0 Å². The molecule has 0 bridgehead atoms. The molecule has 0 fully saturated rings. The van der Waals surface area contributed by atoms with E-state index in [1.165, 1.54) is 17.5 Å². The third-order valence-corrected chi connectivity index (χ3v) is 2.86. The Hall–Kier alpha value is -0.960. The molecule has 0 radical (unpaired) electrons. The number of nitrogens with one attached hydrogen (secondary N) is 1. The van der Waals surface area contributed by atoms with Crippen LogP contribution in [0.3, 0.4) is 0 Å². The number of hydrogen-bond donors (Lipinski definition) is 2. The minimum atomic E-state index is 0.0857. The molecule has 0 heterocycles. The van der Waals surface area contributed by atoms with Crippen molar-refractivity contribution in [2.75, 3.05) is 12.3 Å². The standard InChI is InChI=1S/C14H21NOS/c1-2-3-12-4-6-13(7-5-12)8-10-15-14(16)9-11-17/h4-7,17H,2-3,8-11H2,1H3,(H,15,16). The minimum Gasteiger partial charge on any atom is -0.356 e. The number of carbonyl (C=O) groups excluding carboxylic acids is 1. The van der Waals surface area contributed by atoms with Crippen molar-refractivity contribution in [2.24, 2.45) is 0 Å². The normalized spacial score (nSPS) is 10.2. The zero-order valence-corrected chi connectivity index (χ0v) is 11.3. The first kappa shape index (κ1) is 14.1. The first-order valence-electron chi connectivity index (χ1n) is 6.21. The third kappa shape index (κ3) is 5.78. The summed E-state index contributed by atoms with van der Waals surface area (Å²) in [5, 5.41) is 2.88. The van der Waals surface area contributed by atoms with E-state index >= 15 is 0 Å². The highest BCUT2D eigenvalue weighted by Crippen LogP contribution is 2.06. The topological polar surface area (TPSA) is 29.1 Å². The largest absolute Gasteiger partial charge is 0.356 e. The lowest BCUT2D eigenvalue weighted by atomic mass is 10.1. The van der Waals surface area contributed by atoms with Gasteiger partial charge in [-0.1, -0.05) is 37.6 Å². The quantitative estimate of drug-likeness (QED) is 0.717. The number of thiol groups is 1. The fraction of sp³-hybridized carbons (Fsp3) is 0.500. The molecule has 0 aliphatic carbocycles. The Balaban J connectivity index is 2.29. The van der Waals surface area contributed by atoms with Crippen molar-refractivity contribution in [1.82, 2.24) is 5.32 Å². The summed E-state index contributed by atoms with van der Waals surface area (Å²) in [7, 11) is 0. The van der Waals surface area contributed by atoms with Gasteiger partial charge in [0.15, 0.2) is 0 Å². The first-order chi connectivity index (χ1) is 8.26. The van der Waals surface area contributed by atoms with Gasteiger partial charge in [-0.15, -0.1) is 0 Å². The van der Waals surface area contributed by atoms with E-state index in [1.54, 1.807) is 0 Å². The Morgan fingerprint density at radius 3 is 2.29 bits per heavy atom. The van der Waals surface area contributed by atoms with E-state index in [4.69, 9.17) is 0 Å². The molecule has 94 valence electrons. The molecule has 1 amide bonds. The van der Waals surface area contributed by atoms with Gasteiger partial charge >= 0.3 is 0 Å². The van der Waals surface area contributed by atoms with Crippen molar-refractivity contribution < 1.29 is 4.79 Å². The molecule has 1 rings (SSSR count). The Morgan fingerprint density at radius 2 is 1.76 bits per heavy atom. The molecule has 0 spiro atoms. The Kier molecular flexibility index (Phi) is 6.78. The maximum absolute atomic E-state index is 11.2. The summed E-state index contributed by atoms with van der Waals surface area (Å²) < 4.78 is 0. The number of amides is 1. The average Bonchev–Trinajstić information content (AvgIpc) is 2.32. The molecule has 2 nitrogen and oxygen atoms in total. The van der Waals surface area contributed by atoms with Gasteiger partial charge in [-0.25, -0.2) is 0 Å². The average molecular weight is 251 g/mol. The van der Waals surface area contributed by atoms with E-state index in [2.05, 4.69) is 49.1 Å². The first-order valence-corrected chi connectivity index (χ1v) is 6.85. The van der Waals surface area contributed by atoms with Gasteiger partial charge in [0.05, 0.1) is 0 Å². The SMILES string of the molecule is CCCc1ccc(CCNC(=O)CCS)cc1. The van der Waals surface area contributed by atoms with Gasteiger partial charge in [0.2, 0.25) is 5.91 Å². The van der Waals surface area contributed by atoms with Gasteiger partial charge in [0.25, 0.3) is 0 Å². The van der Waals surface area contributed by atoms with Crippen LogP contribution < -0.4 is 5.32 Å². The van der Waals surface area contributed by atoms with E-state index < -0.39 is 0 Å². The van der Waals surface area contributed by atoms with Crippen molar-refractivity contribution in [1.29, 1.82) is 0 Å². The van der Waals surface area contributed by atoms with Gasteiger partial charge in [-0.05, 0) is 29.7 Å². The number of benzene rings is 1. The highest BCUT2D eigenvalue weighted by atomic mass is 32.1. The van der Waals surface area contributed by atoms with Crippen molar-refractivity contribution in [3.63, 3.8) is 0 Å². The van der Waals surface area contributed by atoms with Crippen LogP contribution in [0.1, 0.15) is 30.9 Å². The van der Waals surface area contributed by atoms with Gasteiger partial charge in [0, 0.05) is 13.0 Å². The lowest BCUT2D eigenvalue weighted by Gasteiger charge is -2.05. The summed E-state index contributed by atoms with van der Waals surface area (Å²) in [5.74, 6) is 0.694. The van der Waals surface area contributed by atoms with Gasteiger partial charge in [0.1, 0.15) is 0 Å². The number of hydrogen-bond acceptors (Lipinski definition) is 2. The summed E-state index contributed by atoms with van der Waals surface area (Å²) in [6, 6.07) is 8.65. The molecule has 0 aliphatic rings. The van der Waals surface area contributed by atoms with Crippen LogP contribution in [0.4, 0.5) is 0 Å². The monoisotopic (exact) mass is 251 g/mol. The second kappa shape index (κ2) is 8.18. The predicted molar refractivity (Wildman–Crippen MR) is 75.6 cm³/mol. The molecule has 0 unspecified atom stereocenters. The molecule has 0 saturated carbocycles. The fourth-order valence-corrected chi connectivity index (χ4v) is 1.90. The van der Waals surface area contributed by atoms with Crippen LogP contribution >= 0.6 is 12.6 Å². The van der Waals surface area contributed by atoms with Crippen molar-refractivity contribution in [3.8, 4) is 0 Å². The molecular formula is C14H21NOS. The molecule has 1 N–H and O–H groups in total. The van der Waals surface area contributed by atoms with Gasteiger partial charge in [-0.2, -0.15) is 12.6 Å². The van der Waals surface area contributed by atoms with Crippen molar-refractivity contribution in [2.45, 2.75) is 32.6 Å². The molecular weight excluding hydrogens is 230 g/mol. The smallest absolute Gasteiger partial charge is 0.220 e. The van der Waals surface area contributed by atoms with Crippen LogP contribution in [0.5, 0.6) is 0 Å². The molecule has 17 heavy (non-hydrogen) atoms. The highest BCUT2D eigenvalue weighted by molar-refractivity contribution is 7.80. The van der Waals surface area contributed by atoms with Crippen molar-refractivity contribution >= 4 is 18.5 Å². The summed E-state index contributed by atoms with van der Waals surface area (Å²) in [4.78, 5) is 11.2. The second-order valence-electron chi connectivity index (χ2n) is 4.14. The molecule has 0 atom stereocenters. The van der Waals surface area contributed by atoms with E-state index in [9.17, 15) is 4.79 Å². The van der Waals surface area contributed by atoms with Crippen LogP contribution in [0, 0.1) is 0 Å². The molecule has 0 saturated heterocycles. The molecule has 0 aromatic heterocycles. The minimum absolute atomic E-state index is 0.0857. The zero-order chi connectivity index (χ0) is 12.5. The molecule has 0 aliphatic heterocycles. The molecule has 1 aromatic rings. The third-order valence-electron chi connectivity index (χ3n) is 2.64. The van der Waals surface area contributed by atoms with Crippen LogP contribution in [-0.4, -0.2) is 18.2 Å². The summed E-state index contributed by atoms with van der Waals surface area (Å²) in [6.07, 6.45) is 3.71. The second-order valence-corrected chi connectivity index (χ2v) is 4.59. The van der Waals surface area contributed by atoms with Gasteiger partial charge < -0.3 is 5.32 Å². The summed E-state index contributed by atoms with van der Waals surface area (Å²) >= 11 is 4.02. The van der Waals surface area contributed by atoms with E-state index in [0.717, 1.165) is 12.8 Å². The Bertz CT molecular complexity index is 335. The van der Waals surface area contributed by atoms with Crippen LogP contribution in [0.15, 0.2) is 24.3 Å². The molecule has 1 aromatic carbocycles. The number of rotatable bonds is 7. The number of carbonyl (C=O) groups is 1. The summed E-state index contributed by atoms with van der Waals surface area (Å²) in [6.45, 7) is 2.89. The maximum Gasteiger partial charge on any atom is 0.220 e. The number of aryl methyl sites for hydroxylation is 1. The molecule has 3 heteroatoms. The van der Waals surface area contributed by atoms with E-state index in [0.29, 0.717) is 18.7 Å². The van der Waals surface area contributed by atoms with Crippen LogP contribution in [-0.2, 0) is 17.6 Å². The lowest BCUT2D eigenvalue weighted by Crippen LogP contribution is -2.25. The van der Waals surface area contributed by atoms with Crippen molar-refractivity contribution in [3.05, 3.63) is 35.4 Å². The van der Waals surface area contributed by atoms with Crippen LogP contribution in [0.2, 0.25) is 0 Å². The maximum atomic E-state index is 11.2. The highest BCUT2D eigenvalue weighted by Gasteiger charge is 1.99. The van der Waals surface area contributed by atoms with E-state index in [1.807, 2.05) is 0 Å². The zero-order valence-electron chi connectivity index (χ0n) is 10.4. The Morgan fingerprint density at radius 1 is 1.18 bits per heavy atom. The van der Waals surface area contributed by atoms with Gasteiger partial charge in [-0.3, -0.25) is 4.79 Å². The lowest BCUT2D eigenvalue weighted by molar-refractivity contribution is -0.120. The summed E-state index contributed by atoms with van der Waals surface area (Å²) in [5.41, 5.74) is 2.66. The Labute approximate surface area is 109 Å². The van der Waals surface area contributed by atoms with E-state index in [-0.39, 0.29) is 5.91 Å². The fourth-order valence-electron chi connectivity index (χ4n) is 1.70. The predicted octanol–water partition coefficient (Wildman–Crippen LogP) is 2.62.